The number of pyridine rings is 1. The summed E-state index contributed by atoms with van der Waals surface area (Å²) in [7, 11) is -2.69. The van der Waals surface area contributed by atoms with Crippen LogP contribution in [0.5, 0.6) is 0 Å². The Morgan fingerprint density at radius 1 is 1.07 bits per heavy atom. The Balaban J connectivity index is 1.53. The molecule has 0 bridgehead atoms. The quantitative estimate of drug-likeness (QED) is 0.288. The normalized spacial score (nSPS) is 10.2. The molecule has 3 rings (SSSR count). The first-order valence-electron chi connectivity index (χ1n) is 8.55. The van der Waals surface area contributed by atoms with Gasteiger partial charge in [-0.25, -0.2) is 13.2 Å². The molecular weight excluding hydrogens is 392 g/mol. The molecule has 0 saturated carbocycles. The van der Waals surface area contributed by atoms with Crippen LogP contribution in [0.15, 0.2) is 65.7 Å². The molecule has 0 aliphatic rings. The number of rotatable bonds is 5. The molecule has 0 unspecified atom stereocenters. The van der Waals surface area contributed by atoms with Crippen LogP contribution >= 0.6 is 0 Å². The summed E-state index contributed by atoms with van der Waals surface area (Å²) >= 11 is 0. The zero-order valence-electron chi connectivity index (χ0n) is 15.1. The van der Waals surface area contributed by atoms with E-state index < -0.39 is 22.6 Å². The van der Waals surface area contributed by atoms with Crippen LogP contribution in [0.3, 0.4) is 0 Å². The van der Waals surface area contributed by atoms with Gasteiger partial charge in [0.1, 0.15) is 6.61 Å². The number of nitrogens with one attached hydrogen (secondary N) is 1. The van der Waals surface area contributed by atoms with Gasteiger partial charge in [-0.15, -0.1) is 0 Å². The van der Waals surface area contributed by atoms with Gasteiger partial charge in [-0.05, 0) is 23.8 Å². The first-order valence-corrected chi connectivity index (χ1v) is 9.72. The molecule has 1 aromatic heterocycles. The lowest BCUT2D eigenvalue weighted by atomic mass is 10.1. The third-order valence-electron chi connectivity index (χ3n) is 3.88. The zero-order valence-corrected chi connectivity index (χ0v) is 16.0. The van der Waals surface area contributed by atoms with Gasteiger partial charge in [0.2, 0.25) is 0 Å². The van der Waals surface area contributed by atoms with Gasteiger partial charge < -0.3 is 10.1 Å². The summed E-state index contributed by atoms with van der Waals surface area (Å²) in [5.74, 6) is 3.75. The van der Waals surface area contributed by atoms with Crippen molar-refractivity contribution in [3.8, 4) is 11.8 Å². The van der Waals surface area contributed by atoms with Crippen LogP contribution in [0.2, 0.25) is 0 Å². The van der Waals surface area contributed by atoms with E-state index in [1.54, 1.807) is 12.1 Å². The molecule has 0 spiro atoms. The summed E-state index contributed by atoms with van der Waals surface area (Å²) in [5, 5.41) is 3.20. The predicted molar refractivity (Wildman–Crippen MR) is 107 cm³/mol. The minimum Gasteiger partial charge on any atom is -0.451 e. The minimum absolute atomic E-state index is 0.0348. The minimum atomic E-state index is -2.69. The van der Waals surface area contributed by atoms with Crippen LogP contribution in [0, 0.1) is 11.8 Å². The second kappa shape index (κ2) is 9.48. The first kappa shape index (κ1) is 20.0. The predicted octanol–water partition coefficient (Wildman–Crippen LogP) is 1.68. The van der Waals surface area contributed by atoms with E-state index in [4.69, 9.17) is 4.74 Å². The maximum absolute atomic E-state index is 12.2. The van der Waals surface area contributed by atoms with Gasteiger partial charge in [-0.2, -0.15) is 0 Å². The SMILES string of the molecule is O=C(C#CCNC(=O)c1cnc2cc([SH](=O)=O)ccc2c1)OCc1ccccc1. The van der Waals surface area contributed by atoms with Crippen molar-refractivity contribution in [1.29, 1.82) is 0 Å². The van der Waals surface area contributed by atoms with Crippen molar-refractivity contribution < 1.29 is 22.7 Å². The van der Waals surface area contributed by atoms with Gasteiger partial charge in [0.25, 0.3) is 5.91 Å². The average Bonchev–Trinajstić information content (AvgIpc) is 2.75. The summed E-state index contributed by atoms with van der Waals surface area (Å²) in [5.41, 5.74) is 1.62. The lowest BCUT2D eigenvalue weighted by Crippen LogP contribution is -2.23. The average molecular weight is 408 g/mol. The number of aromatic nitrogens is 1. The number of nitrogens with zero attached hydrogens (tertiary/aromatic N) is 1. The molecular formula is C21H16N2O5S. The molecule has 2 aromatic carbocycles. The Morgan fingerprint density at radius 3 is 2.62 bits per heavy atom. The van der Waals surface area contributed by atoms with E-state index in [-0.39, 0.29) is 18.0 Å². The largest absolute Gasteiger partial charge is 0.451 e. The Morgan fingerprint density at radius 2 is 1.86 bits per heavy atom. The monoisotopic (exact) mass is 408 g/mol. The number of hydrogen-bond donors (Lipinski definition) is 2. The van der Waals surface area contributed by atoms with Crippen molar-refractivity contribution in [1.82, 2.24) is 10.3 Å². The highest BCUT2D eigenvalue weighted by Crippen LogP contribution is 2.16. The van der Waals surface area contributed by atoms with Gasteiger partial charge in [-0.1, -0.05) is 42.3 Å². The van der Waals surface area contributed by atoms with Crippen molar-refractivity contribution in [2.45, 2.75) is 11.5 Å². The van der Waals surface area contributed by atoms with Gasteiger partial charge in [0.05, 0.1) is 22.5 Å². The molecule has 1 amide bonds. The molecule has 0 fully saturated rings. The molecule has 1 N–H and O–H groups in total. The third kappa shape index (κ3) is 5.64. The molecule has 0 aliphatic heterocycles. The number of fused-ring (bicyclic) bond motifs is 1. The van der Waals surface area contributed by atoms with E-state index >= 15 is 0 Å². The second-order valence-electron chi connectivity index (χ2n) is 5.90. The summed E-state index contributed by atoms with van der Waals surface area (Å²) < 4.78 is 27.1. The number of carbonyl (C=O) groups is 2. The number of ether oxygens (including phenoxy) is 1. The highest BCUT2D eigenvalue weighted by Gasteiger charge is 2.07. The molecule has 0 radical (unpaired) electrons. The number of thiol groups is 1. The molecule has 146 valence electrons. The lowest BCUT2D eigenvalue weighted by Gasteiger charge is -2.03. The van der Waals surface area contributed by atoms with Crippen LogP contribution < -0.4 is 5.32 Å². The van der Waals surface area contributed by atoms with Gasteiger partial charge >= 0.3 is 5.97 Å². The summed E-state index contributed by atoms with van der Waals surface area (Å²) in [6.07, 6.45) is 1.35. The van der Waals surface area contributed by atoms with Crippen LogP contribution in [-0.2, 0) is 26.8 Å². The molecule has 0 saturated heterocycles. The maximum Gasteiger partial charge on any atom is 0.384 e. The van der Waals surface area contributed by atoms with Crippen molar-refractivity contribution >= 4 is 33.5 Å². The number of carbonyl (C=O) groups excluding carboxylic acids is 2. The Hall–Kier alpha value is -3.70. The fourth-order valence-corrected chi connectivity index (χ4v) is 2.87. The zero-order chi connectivity index (χ0) is 20.6. The van der Waals surface area contributed by atoms with Gasteiger partial charge in [-0.3, -0.25) is 9.78 Å². The van der Waals surface area contributed by atoms with Crippen molar-refractivity contribution in [3.05, 3.63) is 71.9 Å². The molecule has 0 aliphatic carbocycles. The number of hydrogen-bond acceptors (Lipinski definition) is 6. The number of esters is 1. The fraction of sp³-hybridized carbons (Fsp3) is 0.0952. The lowest BCUT2D eigenvalue weighted by molar-refractivity contribution is -0.137. The van der Waals surface area contributed by atoms with E-state index in [9.17, 15) is 18.0 Å². The number of amides is 1. The van der Waals surface area contributed by atoms with Crippen LogP contribution in [0.25, 0.3) is 10.9 Å². The molecule has 29 heavy (non-hydrogen) atoms. The molecule has 7 nitrogen and oxygen atoms in total. The Kier molecular flexibility index (Phi) is 6.55. The van der Waals surface area contributed by atoms with Crippen molar-refractivity contribution in [2.24, 2.45) is 0 Å². The molecule has 3 aromatic rings. The van der Waals surface area contributed by atoms with Gasteiger partial charge in [0, 0.05) is 17.5 Å². The Bertz CT molecular complexity index is 1190. The van der Waals surface area contributed by atoms with E-state index in [0.29, 0.717) is 16.5 Å². The summed E-state index contributed by atoms with van der Waals surface area (Å²) in [6, 6.07) is 15.3. The summed E-state index contributed by atoms with van der Waals surface area (Å²) in [4.78, 5) is 28.1. The standard InChI is InChI=1S/C21H16N2O5S/c24-20(28-14-15-5-2-1-3-6-15)7-4-10-22-21(25)17-11-16-8-9-18(29(26)27)12-19(16)23-13-17/h1-3,5-6,8-9,11-13,29H,10,14H2,(H,22,25). The second-order valence-corrected chi connectivity index (χ2v) is 6.93. The summed E-state index contributed by atoms with van der Waals surface area (Å²) in [6.45, 7) is 0.0959. The maximum atomic E-state index is 12.2. The molecule has 1 heterocycles. The van der Waals surface area contributed by atoms with E-state index in [1.165, 1.54) is 18.3 Å². The van der Waals surface area contributed by atoms with E-state index in [0.717, 1.165) is 5.56 Å². The van der Waals surface area contributed by atoms with Crippen LogP contribution in [0.1, 0.15) is 15.9 Å². The van der Waals surface area contributed by atoms with Gasteiger partial charge in [0.15, 0.2) is 10.7 Å². The third-order valence-corrected chi connectivity index (χ3v) is 4.58. The van der Waals surface area contributed by atoms with Crippen LogP contribution in [-0.4, -0.2) is 31.8 Å². The molecule has 8 heteroatoms. The fourth-order valence-electron chi connectivity index (χ4n) is 2.45. The van der Waals surface area contributed by atoms with Crippen molar-refractivity contribution in [3.63, 3.8) is 0 Å². The van der Waals surface area contributed by atoms with E-state index in [2.05, 4.69) is 22.1 Å². The van der Waals surface area contributed by atoms with E-state index in [1.807, 2.05) is 30.3 Å². The van der Waals surface area contributed by atoms with Crippen molar-refractivity contribution in [2.75, 3.05) is 6.54 Å². The smallest absolute Gasteiger partial charge is 0.384 e. The van der Waals surface area contributed by atoms with Crippen LogP contribution in [0.4, 0.5) is 0 Å². The topological polar surface area (TPSA) is 102 Å². The highest BCUT2D eigenvalue weighted by atomic mass is 32.2. The molecule has 0 atom stereocenters. The first-order chi connectivity index (χ1) is 14.0. The Labute approximate surface area is 168 Å². The highest BCUT2D eigenvalue weighted by molar-refractivity contribution is 7.72. The number of benzene rings is 2.